The Balaban J connectivity index is 1.61. The average Bonchev–Trinajstić information content (AvgIpc) is 3.17. The highest BCUT2D eigenvalue weighted by Crippen LogP contribution is 2.33. The molecule has 1 unspecified atom stereocenters. The number of nitrogens with one attached hydrogen (secondary N) is 1. The van der Waals surface area contributed by atoms with Gasteiger partial charge in [-0.25, -0.2) is 13.1 Å². The summed E-state index contributed by atoms with van der Waals surface area (Å²) in [5.74, 6) is 0. The third kappa shape index (κ3) is 3.68. The minimum Gasteiger partial charge on any atom is -0.295 e. The largest absolute Gasteiger partial charge is 0.295 e. The van der Waals surface area contributed by atoms with Gasteiger partial charge in [-0.15, -0.1) is 0 Å². The van der Waals surface area contributed by atoms with Crippen LogP contribution in [-0.4, -0.2) is 42.7 Å². The summed E-state index contributed by atoms with van der Waals surface area (Å²) in [6, 6.07) is 8.83. The van der Waals surface area contributed by atoms with Crippen molar-refractivity contribution in [1.29, 1.82) is 0 Å². The topological polar surface area (TPSA) is 67.2 Å². The molecule has 1 saturated heterocycles. The summed E-state index contributed by atoms with van der Waals surface area (Å²) in [5, 5.41) is 3.92. The van der Waals surface area contributed by atoms with Crippen LogP contribution in [0.2, 0.25) is 0 Å². The van der Waals surface area contributed by atoms with Crippen molar-refractivity contribution >= 4 is 10.0 Å². The highest BCUT2D eigenvalue weighted by atomic mass is 32.2. The lowest BCUT2D eigenvalue weighted by Gasteiger charge is -2.26. The number of sulfonamides is 1. The molecule has 130 valence electrons. The Morgan fingerprint density at radius 1 is 1.33 bits per heavy atom. The van der Waals surface area contributed by atoms with Crippen molar-refractivity contribution in [2.24, 2.45) is 7.05 Å². The predicted molar refractivity (Wildman–Crippen MR) is 93.1 cm³/mol. The predicted octanol–water partition coefficient (Wildman–Crippen LogP) is 1.84. The van der Waals surface area contributed by atoms with Crippen molar-refractivity contribution in [2.45, 2.75) is 30.7 Å². The Morgan fingerprint density at radius 2 is 2.12 bits per heavy atom. The van der Waals surface area contributed by atoms with E-state index < -0.39 is 10.0 Å². The zero-order valence-corrected chi connectivity index (χ0v) is 15.0. The quantitative estimate of drug-likeness (QED) is 0.865. The van der Waals surface area contributed by atoms with E-state index in [4.69, 9.17) is 0 Å². The van der Waals surface area contributed by atoms with E-state index in [2.05, 4.69) is 45.9 Å². The molecule has 24 heavy (non-hydrogen) atoms. The molecule has 1 aliphatic rings. The fraction of sp³-hybridized carbons (Fsp3) is 0.471. The molecule has 1 fully saturated rings. The lowest BCUT2D eigenvalue weighted by molar-refractivity contribution is 0.261. The number of nitrogens with zero attached hydrogens (tertiary/aromatic N) is 3. The van der Waals surface area contributed by atoms with Gasteiger partial charge < -0.3 is 0 Å². The maximum Gasteiger partial charge on any atom is 0.243 e. The zero-order chi connectivity index (χ0) is 17.2. The van der Waals surface area contributed by atoms with Crippen molar-refractivity contribution in [3.63, 3.8) is 0 Å². The molecule has 1 N–H and O–H groups in total. The molecule has 0 amide bonds. The second-order valence-corrected chi connectivity index (χ2v) is 8.07. The van der Waals surface area contributed by atoms with Crippen LogP contribution >= 0.6 is 0 Å². The van der Waals surface area contributed by atoms with Crippen LogP contribution < -0.4 is 4.72 Å². The Bertz CT molecular complexity index is 800. The smallest absolute Gasteiger partial charge is 0.243 e. The van der Waals surface area contributed by atoms with Crippen LogP contribution in [0.1, 0.15) is 30.0 Å². The Kier molecular flexibility index (Phi) is 5.03. The molecule has 0 aliphatic carbocycles. The highest BCUT2D eigenvalue weighted by Gasteiger charge is 2.27. The highest BCUT2D eigenvalue weighted by molar-refractivity contribution is 7.89. The lowest BCUT2D eigenvalue weighted by Crippen LogP contribution is -2.34. The minimum absolute atomic E-state index is 0.210. The fourth-order valence-corrected chi connectivity index (χ4v) is 4.36. The third-order valence-electron chi connectivity index (χ3n) is 4.59. The minimum atomic E-state index is -3.48. The number of hydrogen-bond acceptors (Lipinski definition) is 4. The average molecular weight is 348 g/mol. The molecular weight excluding hydrogens is 324 g/mol. The van der Waals surface area contributed by atoms with Crippen LogP contribution in [0.25, 0.3) is 0 Å². The first kappa shape index (κ1) is 17.1. The van der Waals surface area contributed by atoms with Gasteiger partial charge in [0.05, 0.1) is 6.20 Å². The number of hydrogen-bond donors (Lipinski definition) is 1. The zero-order valence-electron chi connectivity index (χ0n) is 14.1. The van der Waals surface area contributed by atoms with Gasteiger partial charge in [0.25, 0.3) is 0 Å². The molecule has 6 nitrogen and oxygen atoms in total. The monoisotopic (exact) mass is 348 g/mol. The van der Waals surface area contributed by atoms with Gasteiger partial charge in [0.1, 0.15) is 4.90 Å². The van der Waals surface area contributed by atoms with Crippen LogP contribution in [0.3, 0.4) is 0 Å². The van der Waals surface area contributed by atoms with Gasteiger partial charge in [-0.1, -0.05) is 24.3 Å². The van der Waals surface area contributed by atoms with Crippen molar-refractivity contribution in [3.8, 4) is 0 Å². The van der Waals surface area contributed by atoms with Gasteiger partial charge in [-0.2, -0.15) is 5.10 Å². The molecule has 2 aromatic rings. The number of benzene rings is 1. The summed E-state index contributed by atoms with van der Waals surface area (Å²) in [5.41, 5.74) is 2.65. The molecule has 0 radical (unpaired) electrons. The summed E-state index contributed by atoms with van der Waals surface area (Å²) in [7, 11) is -1.78. The van der Waals surface area contributed by atoms with Gasteiger partial charge in [0.2, 0.25) is 10.0 Å². The first-order chi connectivity index (χ1) is 11.5. The molecule has 1 aliphatic heterocycles. The molecule has 0 bridgehead atoms. The van der Waals surface area contributed by atoms with Gasteiger partial charge in [-0.05, 0) is 37.4 Å². The number of aromatic nitrogens is 2. The van der Waals surface area contributed by atoms with Gasteiger partial charge in [-0.3, -0.25) is 9.58 Å². The van der Waals surface area contributed by atoms with Gasteiger partial charge in [0.15, 0.2) is 0 Å². The molecule has 1 aromatic heterocycles. The van der Waals surface area contributed by atoms with E-state index in [-0.39, 0.29) is 4.90 Å². The first-order valence-corrected chi connectivity index (χ1v) is 9.73. The third-order valence-corrected chi connectivity index (χ3v) is 6.01. The van der Waals surface area contributed by atoms with Crippen LogP contribution in [0, 0.1) is 6.92 Å². The summed E-state index contributed by atoms with van der Waals surface area (Å²) in [6.45, 7) is 4.25. The number of likely N-dealkylation sites (tertiary alicyclic amines) is 1. The van der Waals surface area contributed by atoms with Crippen molar-refractivity contribution in [3.05, 3.63) is 47.8 Å². The maximum absolute atomic E-state index is 12.2. The molecule has 7 heteroatoms. The number of rotatable bonds is 6. The van der Waals surface area contributed by atoms with Crippen LogP contribution in [0.15, 0.2) is 41.6 Å². The first-order valence-electron chi connectivity index (χ1n) is 8.25. The second kappa shape index (κ2) is 7.04. The molecule has 3 rings (SSSR count). The summed E-state index contributed by atoms with van der Waals surface area (Å²) in [4.78, 5) is 2.58. The van der Waals surface area contributed by atoms with E-state index in [9.17, 15) is 8.42 Å². The van der Waals surface area contributed by atoms with Gasteiger partial charge in [0, 0.05) is 32.4 Å². The van der Waals surface area contributed by atoms with Crippen LogP contribution in [0.5, 0.6) is 0 Å². The molecule has 0 saturated carbocycles. The van der Waals surface area contributed by atoms with Crippen molar-refractivity contribution < 1.29 is 8.42 Å². The van der Waals surface area contributed by atoms with Crippen LogP contribution in [0.4, 0.5) is 0 Å². The number of aryl methyl sites for hydroxylation is 2. The van der Waals surface area contributed by atoms with E-state index in [0.29, 0.717) is 19.1 Å². The van der Waals surface area contributed by atoms with E-state index in [1.165, 1.54) is 28.2 Å². The molecular formula is C17H24N4O2S. The molecule has 0 spiro atoms. The maximum atomic E-state index is 12.2. The van der Waals surface area contributed by atoms with E-state index in [1.807, 2.05) is 0 Å². The van der Waals surface area contributed by atoms with E-state index in [1.54, 1.807) is 7.05 Å². The normalized spacial score (nSPS) is 19.0. The standard InChI is InChI=1S/C17H24N4O2S/c1-14-6-3-4-7-16(14)17-8-5-10-21(17)11-9-19-24(22,23)15-12-18-20(2)13-15/h3-4,6-7,12-13,17,19H,5,8-11H2,1-2H3. The van der Waals surface area contributed by atoms with Crippen molar-refractivity contribution in [2.75, 3.05) is 19.6 Å². The Hall–Kier alpha value is -1.70. The summed E-state index contributed by atoms with van der Waals surface area (Å²) in [6.07, 6.45) is 5.15. The summed E-state index contributed by atoms with van der Waals surface area (Å²) < 4.78 is 28.7. The Labute approximate surface area is 143 Å². The SMILES string of the molecule is Cc1ccccc1C1CCCN1CCNS(=O)(=O)c1cnn(C)c1. The molecule has 1 atom stereocenters. The fourth-order valence-electron chi connectivity index (χ4n) is 3.35. The van der Waals surface area contributed by atoms with Gasteiger partial charge >= 0.3 is 0 Å². The molecule has 2 heterocycles. The lowest BCUT2D eigenvalue weighted by atomic mass is 9.99. The van der Waals surface area contributed by atoms with Crippen LogP contribution in [-0.2, 0) is 17.1 Å². The van der Waals surface area contributed by atoms with E-state index in [0.717, 1.165) is 19.4 Å². The molecule has 1 aromatic carbocycles. The Morgan fingerprint density at radius 3 is 2.83 bits per heavy atom. The second-order valence-electron chi connectivity index (χ2n) is 6.30. The summed E-state index contributed by atoms with van der Waals surface area (Å²) >= 11 is 0. The van der Waals surface area contributed by atoms with E-state index >= 15 is 0 Å². The van der Waals surface area contributed by atoms with Crippen molar-refractivity contribution in [1.82, 2.24) is 19.4 Å².